The fourth-order valence-corrected chi connectivity index (χ4v) is 1.63. The number of halogens is 4. The maximum absolute atomic E-state index is 9.30. The largest absolute Gasteiger partial charge is 2.00 e. The molecule has 14 N–H and O–H groups in total. The van der Waals surface area contributed by atoms with E-state index in [0.717, 1.165) is 26.2 Å². The molecule has 0 aliphatic rings. The Kier molecular flexibility index (Phi) is 60.3. The number of nitrogens with two attached hydrogens (primary N) is 4. The van der Waals surface area contributed by atoms with E-state index in [1.54, 1.807) is 0 Å². The Morgan fingerprint density at radius 1 is 0.370 bits per heavy atom. The molecule has 0 amide bonds. The molecule has 2 radical (unpaired) electrons. The average Bonchev–Trinajstić information content (AvgIpc) is 2.76. The van der Waals surface area contributed by atoms with Gasteiger partial charge in [-0.05, 0) is 0 Å². The molecule has 0 atom stereocenters. The van der Waals surface area contributed by atoms with Crippen molar-refractivity contribution in [3.8, 4) is 0 Å². The zero-order valence-electron chi connectivity index (χ0n) is 23.5. The molecule has 0 heterocycles. The van der Waals surface area contributed by atoms with Gasteiger partial charge in [0.1, 0.15) is 0 Å². The smallest absolute Gasteiger partial charge is 0.390 e. The van der Waals surface area contributed by atoms with Crippen LogP contribution in [0.3, 0.4) is 0 Å². The molecule has 26 nitrogen and oxygen atoms in total. The fourth-order valence-electron chi connectivity index (χ4n) is 1.63. The SMILES string of the molecule is NCCNCC(O)CNCCN.NCCNCC(O)CNCCN.[Cu+2].[Cu+2].[O-][Cl+3]([O-])([O-])[O-].[O-][Cl+3]([O-])([O-])[O-].[O-][Cl+3]([O-])([O-])[O-].[O-][Cl+3]([O-])([O-])[O-]. The van der Waals surface area contributed by atoms with Crippen LogP contribution in [0.25, 0.3) is 0 Å². The number of hydrogen-bond acceptors (Lipinski definition) is 26. The standard InChI is InChI=1S/2C7H20N4O.4ClHO4.2Cu/c2*8-1-3-10-5-7(12)6-11-4-2-9;4*2-1(3,4)5;;/h2*7,10-12H,1-6,8-9H2;4*(H,2,3,4,5);;/q;;;;;;2*+2/p-4. The molecule has 0 unspecified atom stereocenters. The molecule has 0 aromatic carbocycles. The second-order valence-corrected chi connectivity index (χ2v) is 9.81. The van der Waals surface area contributed by atoms with Gasteiger partial charge in [-0.2, -0.15) is 0 Å². The molecule has 294 valence electrons. The maximum Gasteiger partial charge on any atom is 2.00 e. The zero-order chi connectivity index (χ0) is 36.5. The van der Waals surface area contributed by atoms with E-state index in [9.17, 15) is 10.2 Å². The summed E-state index contributed by atoms with van der Waals surface area (Å²) in [4.78, 5) is 0. The van der Waals surface area contributed by atoms with Gasteiger partial charge in [0.2, 0.25) is 0 Å². The Labute approximate surface area is 293 Å². The van der Waals surface area contributed by atoms with Crippen LogP contribution >= 0.6 is 0 Å². The Bertz CT molecular complexity index is 448. The molecular formula is C14H40Cl4Cu2N8O18. The van der Waals surface area contributed by atoms with Crippen LogP contribution in [-0.2, 0) is 34.1 Å². The predicted octanol–water partition coefficient (Wildman–Crippen LogP) is -24.1. The van der Waals surface area contributed by atoms with Crippen molar-refractivity contribution in [1.82, 2.24) is 21.3 Å². The third-order valence-corrected chi connectivity index (χ3v) is 2.80. The van der Waals surface area contributed by atoms with Crippen LogP contribution in [0, 0.1) is 41.0 Å². The van der Waals surface area contributed by atoms with Crippen molar-refractivity contribution in [2.45, 2.75) is 12.2 Å². The van der Waals surface area contributed by atoms with E-state index in [1.165, 1.54) is 0 Å². The van der Waals surface area contributed by atoms with E-state index in [0.29, 0.717) is 52.4 Å². The molecule has 0 aromatic heterocycles. The summed E-state index contributed by atoms with van der Waals surface area (Å²) in [6.07, 6.45) is -0.716. The number of nitrogens with one attached hydrogen (secondary N) is 4. The van der Waals surface area contributed by atoms with Crippen LogP contribution in [0.4, 0.5) is 0 Å². The monoisotopic (exact) mass is 874 g/mol. The Balaban J connectivity index is -0.0000000657. The zero-order valence-corrected chi connectivity index (χ0v) is 28.4. The molecule has 0 fully saturated rings. The maximum atomic E-state index is 9.30. The van der Waals surface area contributed by atoms with Gasteiger partial charge in [-0.15, -0.1) is 41.0 Å². The number of hydrogen-bond donors (Lipinski definition) is 10. The second kappa shape index (κ2) is 42.3. The molecule has 0 aromatic rings. The van der Waals surface area contributed by atoms with E-state index >= 15 is 0 Å². The first-order valence-electron chi connectivity index (χ1n) is 11.1. The Morgan fingerprint density at radius 2 is 0.478 bits per heavy atom. The van der Waals surface area contributed by atoms with E-state index in [2.05, 4.69) is 21.3 Å². The van der Waals surface area contributed by atoms with Gasteiger partial charge in [-0.25, -0.2) is 74.5 Å². The van der Waals surface area contributed by atoms with E-state index < -0.39 is 41.0 Å². The minimum absolute atomic E-state index is 0. The molecule has 0 aliphatic heterocycles. The van der Waals surface area contributed by atoms with E-state index in [1.807, 2.05) is 0 Å². The van der Waals surface area contributed by atoms with Crippen molar-refractivity contribution in [2.75, 3.05) is 78.5 Å². The van der Waals surface area contributed by atoms with Gasteiger partial charge in [0.15, 0.2) is 0 Å². The third kappa shape index (κ3) is 197. The first-order chi connectivity index (χ1) is 19.6. The number of rotatable bonds is 16. The Hall–Kier alpha value is 1.16. The molecule has 32 heteroatoms. The summed E-state index contributed by atoms with van der Waals surface area (Å²) in [7, 11) is -19.8. The summed E-state index contributed by atoms with van der Waals surface area (Å²) in [5, 5.41) is 30.7. The molecule has 0 saturated heterocycles. The van der Waals surface area contributed by atoms with Crippen molar-refractivity contribution in [3.63, 3.8) is 0 Å². The number of aliphatic hydroxyl groups is 2. The average molecular weight is 877 g/mol. The number of aliphatic hydroxyl groups excluding tert-OH is 2. The van der Waals surface area contributed by atoms with Gasteiger partial charge in [0, 0.05) is 78.5 Å². The molecule has 0 aliphatic carbocycles. The summed E-state index contributed by atoms with van der Waals surface area (Å²) in [5.74, 6) is 0. The fraction of sp³-hybridized carbons (Fsp3) is 1.00. The van der Waals surface area contributed by atoms with Gasteiger partial charge in [0.25, 0.3) is 0 Å². The molecular weight excluding hydrogens is 837 g/mol. The predicted molar refractivity (Wildman–Crippen MR) is 99.7 cm³/mol. The van der Waals surface area contributed by atoms with Crippen LogP contribution in [0.15, 0.2) is 0 Å². The first-order valence-corrected chi connectivity index (χ1v) is 16.0. The summed E-state index contributed by atoms with van der Waals surface area (Å²) in [6, 6.07) is 0. The third-order valence-electron chi connectivity index (χ3n) is 2.80. The quantitative estimate of drug-likeness (QED) is 0.0508. The minimum Gasteiger partial charge on any atom is -0.390 e. The van der Waals surface area contributed by atoms with Crippen LogP contribution in [0.1, 0.15) is 0 Å². The Morgan fingerprint density at radius 3 is 0.565 bits per heavy atom. The van der Waals surface area contributed by atoms with Crippen LogP contribution in [0.5, 0.6) is 0 Å². The van der Waals surface area contributed by atoms with Crippen LogP contribution in [0.2, 0.25) is 0 Å². The van der Waals surface area contributed by atoms with Gasteiger partial charge in [-0.1, -0.05) is 0 Å². The van der Waals surface area contributed by atoms with Crippen LogP contribution < -0.4 is 119 Å². The summed E-state index contributed by atoms with van der Waals surface area (Å²) in [5.41, 5.74) is 21.0. The molecule has 0 saturated carbocycles. The molecule has 0 spiro atoms. The molecule has 46 heavy (non-hydrogen) atoms. The summed E-state index contributed by atoms with van der Waals surface area (Å²) in [6.45, 7) is 7.69. The van der Waals surface area contributed by atoms with Gasteiger partial charge in [0.05, 0.1) is 12.2 Å². The topological polar surface area (TPSA) is 562 Å². The summed E-state index contributed by atoms with van der Waals surface area (Å²) < 4.78 is 136. The van der Waals surface area contributed by atoms with Crippen molar-refractivity contribution in [1.29, 1.82) is 0 Å². The van der Waals surface area contributed by atoms with E-state index in [4.69, 9.17) is 97.5 Å². The van der Waals surface area contributed by atoms with Crippen molar-refractivity contribution in [2.24, 2.45) is 22.9 Å². The molecule has 0 bridgehead atoms. The molecule has 0 rings (SSSR count). The van der Waals surface area contributed by atoms with E-state index in [-0.39, 0.29) is 46.3 Å². The van der Waals surface area contributed by atoms with Crippen LogP contribution in [-0.4, -0.2) is 101 Å². The van der Waals surface area contributed by atoms with Gasteiger partial charge in [-0.3, -0.25) is 0 Å². The normalized spacial score (nSPS) is 11.0. The van der Waals surface area contributed by atoms with Gasteiger partial charge < -0.3 is 54.4 Å². The van der Waals surface area contributed by atoms with Crippen molar-refractivity contribution >= 4 is 0 Å². The minimum atomic E-state index is -4.94. The first kappa shape index (κ1) is 65.5. The van der Waals surface area contributed by atoms with Gasteiger partial charge >= 0.3 is 34.1 Å². The van der Waals surface area contributed by atoms with Crippen molar-refractivity contribution in [3.05, 3.63) is 0 Å². The van der Waals surface area contributed by atoms with Crippen molar-refractivity contribution < 1.29 is 160 Å². The second-order valence-electron chi connectivity index (χ2n) is 6.79. The summed E-state index contributed by atoms with van der Waals surface area (Å²) >= 11 is 0.